The predicted molar refractivity (Wildman–Crippen MR) is 78.5 cm³/mol. The van der Waals surface area contributed by atoms with E-state index in [4.69, 9.17) is 5.73 Å². The van der Waals surface area contributed by atoms with E-state index >= 15 is 0 Å². The molecule has 6 heteroatoms. The second-order valence-corrected chi connectivity index (χ2v) is 6.80. The van der Waals surface area contributed by atoms with E-state index in [0.717, 1.165) is 11.1 Å². The Morgan fingerprint density at radius 1 is 1.30 bits per heavy atom. The number of aromatic nitrogens is 1. The quantitative estimate of drug-likeness (QED) is 0.879. The third-order valence-corrected chi connectivity index (χ3v) is 5.08. The van der Waals surface area contributed by atoms with Crippen LogP contribution in [0.3, 0.4) is 0 Å². The Labute approximate surface area is 119 Å². The Morgan fingerprint density at radius 3 is 2.60 bits per heavy atom. The molecule has 0 aliphatic rings. The molecule has 0 spiro atoms. The zero-order valence-corrected chi connectivity index (χ0v) is 12.4. The number of rotatable bonds is 5. The van der Waals surface area contributed by atoms with Crippen LogP contribution in [0.1, 0.15) is 16.8 Å². The monoisotopic (exact) mass is 293 g/mol. The Bertz CT molecular complexity index is 692. The molecule has 0 bridgehead atoms. The summed E-state index contributed by atoms with van der Waals surface area (Å²) in [5.74, 6) is 0. The first-order chi connectivity index (χ1) is 9.45. The molecule has 1 aromatic carbocycles. The Kier molecular flexibility index (Phi) is 4.27. The molecule has 20 heavy (non-hydrogen) atoms. The van der Waals surface area contributed by atoms with Crippen LogP contribution in [0.25, 0.3) is 0 Å². The van der Waals surface area contributed by atoms with Crippen molar-refractivity contribution in [3.63, 3.8) is 0 Å². The molecule has 108 valence electrons. The number of nitrogens with two attached hydrogens (primary N) is 1. The lowest BCUT2D eigenvalue weighted by Gasteiger charge is -2.17. The fourth-order valence-corrected chi connectivity index (χ4v) is 3.15. The highest BCUT2D eigenvalue weighted by atomic mass is 32.2. The average Bonchev–Trinajstić information content (AvgIpc) is 2.90. The summed E-state index contributed by atoms with van der Waals surface area (Å²) in [4.78, 5) is 3.11. The molecule has 0 atom stereocenters. The molecule has 0 saturated heterocycles. The summed E-state index contributed by atoms with van der Waals surface area (Å²) in [6.45, 7) is 2.60. The van der Waals surface area contributed by atoms with Gasteiger partial charge in [0.25, 0.3) is 0 Å². The topological polar surface area (TPSA) is 79.2 Å². The van der Waals surface area contributed by atoms with E-state index in [1.807, 2.05) is 31.2 Å². The number of sulfonamides is 1. The Balaban J connectivity index is 2.23. The van der Waals surface area contributed by atoms with Gasteiger partial charge >= 0.3 is 0 Å². The summed E-state index contributed by atoms with van der Waals surface area (Å²) in [6, 6.07) is 9.32. The van der Waals surface area contributed by atoms with Gasteiger partial charge in [-0.25, -0.2) is 8.42 Å². The lowest BCUT2D eigenvalue weighted by atomic mass is 10.1. The number of aryl methyl sites for hydroxylation is 1. The van der Waals surface area contributed by atoms with Crippen LogP contribution in [-0.4, -0.2) is 24.8 Å². The number of hydrogen-bond donors (Lipinski definition) is 2. The second-order valence-electron chi connectivity index (χ2n) is 4.75. The maximum atomic E-state index is 12.4. The van der Waals surface area contributed by atoms with Gasteiger partial charge in [-0.2, -0.15) is 4.31 Å². The highest BCUT2D eigenvalue weighted by molar-refractivity contribution is 7.89. The van der Waals surface area contributed by atoms with Crippen LogP contribution in [0, 0.1) is 6.92 Å². The first kappa shape index (κ1) is 14.8. The number of nitrogens with one attached hydrogen (secondary N) is 1. The van der Waals surface area contributed by atoms with E-state index in [9.17, 15) is 8.42 Å². The molecule has 0 unspecified atom stereocenters. The normalized spacial score (nSPS) is 12.0. The summed E-state index contributed by atoms with van der Waals surface area (Å²) in [7, 11) is -1.92. The lowest BCUT2D eigenvalue weighted by Crippen LogP contribution is -2.26. The SMILES string of the molecule is Cc1ccccc1CN(C)S(=O)(=O)c1c[nH]c(CN)c1. The minimum atomic E-state index is -3.50. The highest BCUT2D eigenvalue weighted by Crippen LogP contribution is 2.18. The fraction of sp³-hybridized carbons (Fsp3) is 0.286. The number of aromatic amines is 1. The molecule has 0 amide bonds. The number of hydrogen-bond acceptors (Lipinski definition) is 3. The van der Waals surface area contributed by atoms with Gasteiger partial charge in [-0.1, -0.05) is 24.3 Å². The van der Waals surface area contributed by atoms with Crippen molar-refractivity contribution in [2.45, 2.75) is 24.9 Å². The minimum Gasteiger partial charge on any atom is -0.363 e. The molecule has 5 nitrogen and oxygen atoms in total. The van der Waals surface area contributed by atoms with Crippen LogP contribution < -0.4 is 5.73 Å². The van der Waals surface area contributed by atoms with Gasteiger partial charge in [-0.05, 0) is 24.1 Å². The van der Waals surface area contributed by atoms with Gasteiger partial charge in [-0.3, -0.25) is 0 Å². The van der Waals surface area contributed by atoms with E-state index in [1.54, 1.807) is 13.1 Å². The standard InChI is InChI=1S/C14H19N3O2S/c1-11-5-3-4-6-12(11)10-17(2)20(18,19)14-7-13(8-15)16-9-14/h3-7,9,16H,8,10,15H2,1-2H3. The van der Waals surface area contributed by atoms with Gasteiger partial charge in [0, 0.05) is 32.0 Å². The summed E-state index contributed by atoms with van der Waals surface area (Å²) in [5, 5.41) is 0. The summed E-state index contributed by atoms with van der Waals surface area (Å²) in [5.41, 5.74) is 8.26. The first-order valence-corrected chi connectivity index (χ1v) is 7.77. The fourth-order valence-electron chi connectivity index (χ4n) is 1.98. The van der Waals surface area contributed by atoms with Gasteiger partial charge in [0.05, 0.1) is 4.90 Å². The molecular formula is C14H19N3O2S. The predicted octanol–water partition coefficient (Wildman–Crippen LogP) is 1.60. The molecular weight excluding hydrogens is 274 g/mol. The van der Waals surface area contributed by atoms with Crippen LogP contribution >= 0.6 is 0 Å². The Hall–Kier alpha value is -1.63. The number of nitrogens with zero attached hydrogens (tertiary/aromatic N) is 1. The molecule has 0 saturated carbocycles. The minimum absolute atomic E-state index is 0.244. The van der Waals surface area contributed by atoms with Gasteiger partial charge < -0.3 is 10.7 Å². The van der Waals surface area contributed by atoms with E-state index < -0.39 is 10.0 Å². The van der Waals surface area contributed by atoms with Gasteiger partial charge in [0.1, 0.15) is 0 Å². The first-order valence-electron chi connectivity index (χ1n) is 6.33. The van der Waals surface area contributed by atoms with E-state index in [1.165, 1.54) is 10.5 Å². The number of benzene rings is 1. The van der Waals surface area contributed by atoms with E-state index in [2.05, 4.69) is 4.98 Å². The lowest BCUT2D eigenvalue weighted by molar-refractivity contribution is 0.466. The van der Waals surface area contributed by atoms with Crippen LogP contribution in [0.5, 0.6) is 0 Å². The molecule has 1 heterocycles. The molecule has 0 aliphatic heterocycles. The summed E-state index contributed by atoms with van der Waals surface area (Å²) in [6.07, 6.45) is 1.48. The largest absolute Gasteiger partial charge is 0.363 e. The molecule has 0 fully saturated rings. The highest BCUT2D eigenvalue weighted by Gasteiger charge is 2.22. The van der Waals surface area contributed by atoms with Crippen molar-refractivity contribution >= 4 is 10.0 Å². The molecule has 2 aromatic rings. The second kappa shape index (κ2) is 5.78. The third kappa shape index (κ3) is 2.92. The van der Waals surface area contributed by atoms with Crippen molar-refractivity contribution in [3.8, 4) is 0 Å². The smallest absolute Gasteiger partial charge is 0.244 e. The third-order valence-electron chi connectivity index (χ3n) is 3.30. The Morgan fingerprint density at radius 2 is 2.00 bits per heavy atom. The van der Waals surface area contributed by atoms with Gasteiger partial charge in [0.15, 0.2) is 0 Å². The molecule has 1 aromatic heterocycles. The van der Waals surface area contributed by atoms with Crippen molar-refractivity contribution in [1.82, 2.24) is 9.29 Å². The van der Waals surface area contributed by atoms with Crippen molar-refractivity contribution in [2.24, 2.45) is 5.73 Å². The molecule has 0 radical (unpaired) electrons. The van der Waals surface area contributed by atoms with Gasteiger partial charge in [0.2, 0.25) is 10.0 Å². The zero-order chi connectivity index (χ0) is 14.8. The summed E-state index contributed by atoms with van der Waals surface area (Å²) < 4.78 is 26.2. The van der Waals surface area contributed by atoms with Crippen LogP contribution in [0.4, 0.5) is 0 Å². The maximum absolute atomic E-state index is 12.4. The van der Waals surface area contributed by atoms with Crippen LogP contribution in [0.2, 0.25) is 0 Å². The van der Waals surface area contributed by atoms with Crippen LogP contribution in [0.15, 0.2) is 41.4 Å². The van der Waals surface area contributed by atoms with Crippen molar-refractivity contribution in [3.05, 3.63) is 53.3 Å². The molecule has 0 aliphatic carbocycles. The van der Waals surface area contributed by atoms with Gasteiger partial charge in [-0.15, -0.1) is 0 Å². The summed E-state index contributed by atoms with van der Waals surface area (Å²) >= 11 is 0. The van der Waals surface area contributed by atoms with Crippen LogP contribution in [-0.2, 0) is 23.1 Å². The van der Waals surface area contributed by atoms with Crippen molar-refractivity contribution in [1.29, 1.82) is 0 Å². The maximum Gasteiger partial charge on any atom is 0.244 e. The number of H-pyrrole nitrogens is 1. The average molecular weight is 293 g/mol. The molecule has 2 rings (SSSR count). The van der Waals surface area contributed by atoms with E-state index in [-0.39, 0.29) is 11.4 Å². The van der Waals surface area contributed by atoms with Crippen molar-refractivity contribution in [2.75, 3.05) is 7.05 Å². The van der Waals surface area contributed by atoms with Crippen molar-refractivity contribution < 1.29 is 8.42 Å². The van der Waals surface area contributed by atoms with E-state index in [0.29, 0.717) is 12.2 Å². The molecule has 3 N–H and O–H groups in total. The zero-order valence-electron chi connectivity index (χ0n) is 11.6.